The molecule has 0 radical (unpaired) electrons. The summed E-state index contributed by atoms with van der Waals surface area (Å²) in [5.74, 6) is -1.73. The fraction of sp³-hybridized carbons (Fsp3) is 0.524. The first-order valence-electron chi connectivity index (χ1n) is 9.86. The minimum absolute atomic E-state index is 0.0600. The number of nitrogens with two attached hydrogens (primary N) is 1. The molecule has 8 heteroatoms. The zero-order chi connectivity index (χ0) is 21.4. The first-order chi connectivity index (χ1) is 13.8. The van der Waals surface area contributed by atoms with Gasteiger partial charge < -0.3 is 21.1 Å². The highest BCUT2D eigenvalue weighted by Gasteiger charge is 2.34. The smallest absolute Gasteiger partial charge is 0.408 e. The highest BCUT2D eigenvalue weighted by molar-refractivity contribution is 5.91. The van der Waals surface area contributed by atoms with Crippen LogP contribution < -0.4 is 16.4 Å². The lowest BCUT2D eigenvalue weighted by molar-refractivity contribution is -0.132. The third kappa shape index (κ3) is 6.89. The van der Waals surface area contributed by atoms with Crippen molar-refractivity contribution in [3.05, 3.63) is 35.9 Å². The van der Waals surface area contributed by atoms with Gasteiger partial charge in [-0.25, -0.2) is 4.79 Å². The van der Waals surface area contributed by atoms with Gasteiger partial charge in [0, 0.05) is 12.8 Å². The number of benzene rings is 1. The number of nitrogens with one attached hydrogen (secondary N) is 2. The number of ketones is 1. The van der Waals surface area contributed by atoms with E-state index in [0.717, 1.165) is 5.56 Å². The lowest BCUT2D eigenvalue weighted by Gasteiger charge is -2.30. The van der Waals surface area contributed by atoms with Gasteiger partial charge in [-0.15, -0.1) is 0 Å². The minimum Gasteiger partial charge on any atom is -0.445 e. The minimum atomic E-state index is -0.949. The van der Waals surface area contributed by atoms with Crippen molar-refractivity contribution in [3.63, 3.8) is 0 Å². The Morgan fingerprint density at radius 3 is 2.45 bits per heavy atom. The Bertz CT molecular complexity index is 735. The van der Waals surface area contributed by atoms with E-state index in [1.54, 1.807) is 13.8 Å². The Hall–Kier alpha value is -2.90. The first kappa shape index (κ1) is 22.4. The predicted molar refractivity (Wildman–Crippen MR) is 106 cm³/mol. The van der Waals surface area contributed by atoms with Gasteiger partial charge in [0.05, 0.1) is 0 Å². The van der Waals surface area contributed by atoms with Crippen LogP contribution in [0.25, 0.3) is 0 Å². The van der Waals surface area contributed by atoms with Crippen LogP contribution in [0.4, 0.5) is 4.79 Å². The number of rotatable bonds is 8. The summed E-state index contributed by atoms with van der Waals surface area (Å²) in [6.45, 7) is 3.61. The maximum absolute atomic E-state index is 12.8. The SMILES string of the molecule is CC(C)[C@@H](NC(=O)OCc1ccccc1)C(=O)N[C@@H](C(N)=O)[C@@H]1CCCC(=O)C1. The summed E-state index contributed by atoms with van der Waals surface area (Å²) in [6.07, 6.45) is 1.28. The van der Waals surface area contributed by atoms with E-state index in [0.29, 0.717) is 19.3 Å². The second-order valence-electron chi connectivity index (χ2n) is 7.71. The molecular formula is C21H29N3O5. The van der Waals surface area contributed by atoms with E-state index in [-0.39, 0.29) is 30.6 Å². The molecule has 1 aromatic carbocycles. The van der Waals surface area contributed by atoms with E-state index in [1.807, 2.05) is 30.3 Å². The second kappa shape index (κ2) is 10.6. The van der Waals surface area contributed by atoms with Crippen LogP contribution in [0.15, 0.2) is 30.3 Å². The van der Waals surface area contributed by atoms with Gasteiger partial charge in [0.15, 0.2) is 0 Å². The Morgan fingerprint density at radius 2 is 1.86 bits per heavy atom. The molecule has 0 bridgehead atoms. The summed E-state index contributed by atoms with van der Waals surface area (Å²) in [4.78, 5) is 48.5. The molecule has 4 N–H and O–H groups in total. The first-order valence-corrected chi connectivity index (χ1v) is 9.86. The van der Waals surface area contributed by atoms with Crippen molar-refractivity contribution in [3.8, 4) is 0 Å². The fourth-order valence-electron chi connectivity index (χ4n) is 3.43. The molecule has 8 nitrogen and oxygen atoms in total. The lowest BCUT2D eigenvalue weighted by Crippen LogP contribution is -2.57. The van der Waals surface area contributed by atoms with E-state index in [4.69, 9.17) is 10.5 Å². The number of ether oxygens (including phenoxy) is 1. The summed E-state index contributed by atoms with van der Waals surface area (Å²) in [7, 11) is 0. The molecule has 1 aliphatic carbocycles. The number of hydrogen-bond donors (Lipinski definition) is 3. The van der Waals surface area contributed by atoms with Gasteiger partial charge in [-0.3, -0.25) is 14.4 Å². The number of primary amides is 1. The fourth-order valence-corrected chi connectivity index (χ4v) is 3.43. The van der Waals surface area contributed by atoms with Crippen molar-refractivity contribution in [1.29, 1.82) is 0 Å². The molecule has 3 amide bonds. The van der Waals surface area contributed by atoms with Gasteiger partial charge in [-0.2, -0.15) is 0 Å². The topological polar surface area (TPSA) is 128 Å². The van der Waals surface area contributed by atoms with E-state index >= 15 is 0 Å². The van der Waals surface area contributed by atoms with Crippen molar-refractivity contribution < 1.29 is 23.9 Å². The summed E-state index contributed by atoms with van der Waals surface area (Å²) >= 11 is 0. The molecule has 0 heterocycles. The van der Waals surface area contributed by atoms with Crippen LogP contribution in [-0.2, 0) is 25.7 Å². The summed E-state index contributed by atoms with van der Waals surface area (Å²) in [6, 6.07) is 7.32. The summed E-state index contributed by atoms with van der Waals surface area (Å²) < 4.78 is 5.18. The molecule has 0 saturated heterocycles. The maximum Gasteiger partial charge on any atom is 0.408 e. The Morgan fingerprint density at radius 1 is 1.17 bits per heavy atom. The number of carbonyl (C=O) groups is 4. The second-order valence-corrected chi connectivity index (χ2v) is 7.71. The average molecular weight is 403 g/mol. The molecule has 0 spiro atoms. The van der Waals surface area contributed by atoms with Crippen LogP contribution in [-0.4, -0.2) is 35.8 Å². The number of carbonyl (C=O) groups excluding carboxylic acids is 4. The molecule has 0 aliphatic heterocycles. The molecule has 29 heavy (non-hydrogen) atoms. The summed E-state index contributed by atoms with van der Waals surface area (Å²) in [5, 5.41) is 5.18. The highest BCUT2D eigenvalue weighted by atomic mass is 16.5. The Labute approximate surface area is 170 Å². The van der Waals surface area contributed by atoms with Crippen LogP contribution in [0, 0.1) is 11.8 Å². The molecule has 0 aromatic heterocycles. The molecule has 2 rings (SSSR count). The van der Waals surface area contributed by atoms with Crippen LogP contribution in [0.2, 0.25) is 0 Å². The molecule has 0 unspecified atom stereocenters. The number of Topliss-reactive ketones (excluding diaryl/α,β-unsaturated/α-hetero) is 1. The lowest BCUT2D eigenvalue weighted by atomic mass is 9.82. The van der Waals surface area contributed by atoms with Crippen LogP contribution >= 0.6 is 0 Å². The van der Waals surface area contributed by atoms with E-state index in [1.165, 1.54) is 0 Å². The van der Waals surface area contributed by atoms with Crippen molar-refractivity contribution in [2.24, 2.45) is 17.6 Å². The number of alkyl carbamates (subject to hydrolysis) is 1. The largest absolute Gasteiger partial charge is 0.445 e. The zero-order valence-corrected chi connectivity index (χ0v) is 16.9. The van der Waals surface area contributed by atoms with Gasteiger partial charge in [0.25, 0.3) is 0 Å². The Balaban J connectivity index is 1.96. The van der Waals surface area contributed by atoms with Gasteiger partial charge in [-0.05, 0) is 30.2 Å². The molecule has 1 aliphatic rings. The van der Waals surface area contributed by atoms with Gasteiger partial charge in [-0.1, -0.05) is 44.2 Å². The zero-order valence-electron chi connectivity index (χ0n) is 16.9. The van der Waals surface area contributed by atoms with Crippen LogP contribution in [0.3, 0.4) is 0 Å². The van der Waals surface area contributed by atoms with Gasteiger partial charge >= 0.3 is 6.09 Å². The predicted octanol–water partition coefficient (Wildman–Crippen LogP) is 1.67. The van der Waals surface area contributed by atoms with Crippen molar-refractivity contribution in [2.75, 3.05) is 0 Å². The molecule has 1 aromatic rings. The van der Waals surface area contributed by atoms with E-state index < -0.39 is 30.0 Å². The standard InChI is InChI=1S/C21H29N3O5/c1-13(2)17(24-21(28)29-12-14-7-4-3-5-8-14)20(27)23-18(19(22)26)15-9-6-10-16(25)11-15/h3-5,7-8,13,15,17-18H,6,9-12H2,1-2H3,(H2,22,26)(H,23,27)(H,24,28)/t15-,17-,18-/m1/s1. The van der Waals surface area contributed by atoms with Crippen LogP contribution in [0.5, 0.6) is 0 Å². The van der Waals surface area contributed by atoms with Crippen molar-refractivity contribution >= 4 is 23.7 Å². The third-order valence-corrected chi connectivity index (χ3v) is 5.03. The molecule has 1 saturated carbocycles. The normalized spacial score (nSPS) is 18.6. The molecule has 1 fully saturated rings. The average Bonchev–Trinajstić information content (AvgIpc) is 2.68. The van der Waals surface area contributed by atoms with Crippen molar-refractivity contribution in [2.45, 2.75) is 58.2 Å². The number of amides is 3. The number of hydrogen-bond acceptors (Lipinski definition) is 5. The van der Waals surface area contributed by atoms with Gasteiger partial charge in [0.2, 0.25) is 11.8 Å². The van der Waals surface area contributed by atoms with Gasteiger partial charge in [0.1, 0.15) is 24.5 Å². The molecular weight excluding hydrogens is 374 g/mol. The quantitative estimate of drug-likeness (QED) is 0.608. The van der Waals surface area contributed by atoms with E-state index in [9.17, 15) is 19.2 Å². The molecule has 158 valence electrons. The van der Waals surface area contributed by atoms with Crippen LogP contribution in [0.1, 0.15) is 45.1 Å². The highest BCUT2D eigenvalue weighted by Crippen LogP contribution is 2.24. The third-order valence-electron chi connectivity index (χ3n) is 5.03. The Kier molecular flexibility index (Phi) is 8.18. The van der Waals surface area contributed by atoms with Crippen molar-refractivity contribution in [1.82, 2.24) is 10.6 Å². The van der Waals surface area contributed by atoms with E-state index in [2.05, 4.69) is 10.6 Å². The molecule has 3 atom stereocenters. The monoisotopic (exact) mass is 403 g/mol. The summed E-state index contributed by atoms with van der Waals surface area (Å²) in [5.41, 5.74) is 6.30. The maximum atomic E-state index is 12.8.